The number of halogens is 3. The quantitative estimate of drug-likeness (QED) is 0.892. The fraction of sp³-hybridized carbons (Fsp3) is 0.500. The molecule has 0 bridgehead atoms. The first-order valence-electron chi connectivity index (χ1n) is 6.01. The molecule has 104 valence electrons. The number of carbonyl (C=O) groups excluding carboxylic acids is 1. The van der Waals surface area contributed by atoms with Crippen LogP contribution in [0.25, 0.3) is 0 Å². The SMILES string of the molecule is O=C(N(c1cccnc1)C1CCNCC1)C(F)(F)F. The number of anilines is 1. The number of carbonyl (C=O) groups is 1. The predicted octanol–water partition coefficient (Wildman–Crippen LogP) is 1.73. The van der Waals surface area contributed by atoms with Crippen molar-refractivity contribution in [3.05, 3.63) is 24.5 Å². The zero-order valence-corrected chi connectivity index (χ0v) is 10.2. The molecule has 1 aromatic heterocycles. The fourth-order valence-electron chi connectivity index (χ4n) is 2.19. The minimum atomic E-state index is -4.87. The van der Waals surface area contributed by atoms with Gasteiger partial charge in [-0.3, -0.25) is 14.7 Å². The first-order valence-corrected chi connectivity index (χ1v) is 6.01. The Hall–Kier alpha value is -1.63. The fourth-order valence-corrected chi connectivity index (χ4v) is 2.19. The van der Waals surface area contributed by atoms with Gasteiger partial charge in [-0.25, -0.2) is 0 Å². The Morgan fingerprint density at radius 2 is 2.05 bits per heavy atom. The predicted molar refractivity (Wildman–Crippen MR) is 63.7 cm³/mol. The lowest BCUT2D eigenvalue weighted by atomic mass is 10.0. The number of pyridine rings is 1. The third kappa shape index (κ3) is 3.23. The van der Waals surface area contributed by atoms with E-state index in [4.69, 9.17) is 0 Å². The van der Waals surface area contributed by atoms with Crippen molar-refractivity contribution in [2.45, 2.75) is 25.1 Å². The van der Waals surface area contributed by atoms with E-state index in [0.29, 0.717) is 25.9 Å². The third-order valence-corrected chi connectivity index (χ3v) is 3.06. The van der Waals surface area contributed by atoms with Crippen LogP contribution < -0.4 is 10.2 Å². The second kappa shape index (κ2) is 5.56. The van der Waals surface area contributed by atoms with Crippen LogP contribution in [0.1, 0.15) is 12.8 Å². The van der Waals surface area contributed by atoms with E-state index < -0.39 is 18.1 Å². The average molecular weight is 273 g/mol. The number of hydrogen-bond acceptors (Lipinski definition) is 3. The van der Waals surface area contributed by atoms with Crippen LogP contribution in [0.2, 0.25) is 0 Å². The van der Waals surface area contributed by atoms with Crippen molar-refractivity contribution in [1.29, 1.82) is 0 Å². The number of piperidine rings is 1. The molecule has 0 atom stereocenters. The summed E-state index contributed by atoms with van der Waals surface area (Å²) in [7, 11) is 0. The van der Waals surface area contributed by atoms with Crippen LogP contribution in [0.5, 0.6) is 0 Å². The van der Waals surface area contributed by atoms with Crippen molar-refractivity contribution in [3.8, 4) is 0 Å². The highest BCUT2D eigenvalue weighted by atomic mass is 19.4. The molecule has 0 aliphatic carbocycles. The van der Waals surface area contributed by atoms with Crippen molar-refractivity contribution in [2.24, 2.45) is 0 Å². The van der Waals surface area contributed by atoms with E-state index in [1.165, 1.54) is 24.5 Å². The van der Waals surface area contributed by atoms with Crippen LogP contribution >= 0.6 is 0 Å². The number of nitrogens with one attached hydrogen (secondary N) is 1. The largest absolute Gasteiger partial charge is 0.471 e. The van der Waals surface area contributed by atoms with Crippen LogP contribution in [0, 0.1) is 0 Å². The minimum Gasteiger partial charge on any atom is -0.317 e. The maximum atomic E-state index is 12.7. The van der Waals surface area contributed by atoms with E-state index in [-0.39, 0.29) is 5.69 Å². The number of amides is 1. The summed E-state index contributed by atoms with van der Waals surface area (Å²) in [6.07, 6.45) is -1.14. The molecule has 4 nitrogen and oxygen atoms in total. The van der Waals surface area contributed by atoms with Crippen molar-refractivity contribution in [1.82, 2.24) is 10.3 Å². The highest BCUT2D eigenvalue weighted by Crippen LogP contribution is 2.27. The Morgan fingerprint density at radius 3 is 2.58 bits per heavy atom. The summed E-state index contributed by atoms with van der Waals surface area (Å²) in [5, 5.41) is 3.06. The summed E-state index contributed by atoms with van der Waals surface area (Å²) in [6, 6.07) is 2.55. The van der Waals surface area contributed by atoms with Crippen molar-refractivity contribution in [2.75, 3.05) is 18.0 Å². The van der Waals surface area contributed by atoms with Crippen LogP contribution in [-0.2, 0) is 4.79 Å². The maximum Gasteiger partial charge on any atom is 0.471 e. The molecule has 7 heteroatoms. The molecule has 19 heavy (non-hydrogen) atoms. The van der Waals surface area contributed by atoms with Crippen molar-refractivity contribution >= 4 is 11.6 Å². The van der Waals surface area contributed by atoms with Crippen molar-refractivity contribution < 1.29 is 18.0 Å². The molecule has 0 aromatic carbocycles. The number of alkyl halides is 3. The molecule has 2 heterocycles. The zero-order chi connectivity index (χ0) is 13.9. The molecule has 0 radical (unpaired) electrons. The average Bonchev–Trinajstić information content (AvgIpc) is 2.40. The minimum absolute atomic E-state index is 0.191. The van der Waals surface area contributed by atoms with Gasteiger partial charge in [0.25, 0.3) is 0 Å². The highest BCUT2D eigenvalue weighted by molar-refractivity contribution is 5.97. The van der Waals surface area contributed by atoms with Gasteiger partial charge in [-0.05, 0) is 38.1 Å². The topological polar surface area (TPSA) is 45.2 Å². The van der Waals surface area contributed by atoms with Crippen LogP contribution in [-0.4, -0.2) is 36.2 Å². The van der Waals surface area contributed by atoms with Crippen LogP contribution in [0.15, 0.2) is 24.5 Å². The van der Waals surface area contributed by atoms with Gasteiger partial charge in [-0.1, -0.05) is 0 Å². The van der Waals surface area contributed by atoms with E-state index in [0.717, 1.165) is 4.90 Å². The summed E-state index contributed by atoms with van der Waals surface area (Å²) in [4.78, 5) is 16.2. The molecule has 1 aliphatic heterocycles. The number of hydrogen-bond donors (Lipinski definition) is 1. The van der Waals surface area contributed by atoms with Gasteiger partial charge in [0.15, 0.2) is 0 Å². The van der Waals surface area contributed by atoms with E-state index in [2.05, 4.69) is 10.3 Å². The lowest BCUT2D eigenvalue weighted by Crippen LogP contribution is -2.51. The Labute approximate surface area is 108 Å². The Balaban J connectivity index is 2.30. The van der Waals surface area contributed by atoms with Gasteiger partial charge in [0.2, 0.25) is 0 Å². The van der Waals surface area contributed by atoms with E-state index in [1.54, 1.807) is 0 Å². The molecule has 1 saturated heterocycles. The highest BCUT2D eigenvalue weighted by Gasteiger charge is 2.45. The third-order valence-electron chi connectivity index (χ3n) is 3.06. The molecule has 1 aromatic rings. The molecule has 0 unspecified atom stereocenters. The monoisotopic (exact) mass is 273 g/mol. The van der Waals surface area contributed by atoms with Crippen LogP contribution in [0.3, 0.4) is 0 Å². The molecular weight excluding hydrogens is 259 g/mol. The molecular formula is C12H14F3N3O. The van der Waals surface area contributed by atoms with Gasteiger partial charge in [0.1, 0.15) is 0 Å². The van der Waals surface area contributed by atoms with Crippen LogP contribution in [0.4, 0.5) is 18.9 Å². The number of rotatable bonds is 2. The molecule has 1 fully saturated rings. The molecule has 1 amide bonds. The molecule has 0 spiro atoms. The summed E-state index contributed by atoms with van der Waals surface area (Å²) in [5.74, 6) is -1.83. The number of nitrogens with zero attached hydrogens (tertiary/aromatic N) is 2. The maximum absolute atomic E-state index is 12.7. The van der Waals surface area contributed by atoms with Gasteiger partial charge in [-0.15, -0.1) is 0 Å². The van der Waals surface area contributed by atoms with E-state index >= 15 is 0 Å². The number of aromatic nitrogens is 1. The Morgan fingerprint density at radius 1 is 1.37 bits per heavy atom. The lowest BCUT2D eigenvalue weighted by Gasteiger charge is -2.34. The smallest absolute Gasteiger partial charge is 0.317 e. The molecule has 0 saturated carbocycles. The molecule has 2 rings (SSSR count). The first-order chi connectivity index (χ1) is 9.00. The first kappa shape index (κ1) is 13.8. The normalized spacial score (nSPS) is 17.2. The summed E-state index contributed by atoms with van der Waals surface area (Å²) >= 11 is 0. The van der Waals surface area contributed by atoms with E-state index in [9.17, 15) is 18.0 Å². The summed E-state index contributed by atoms with van der Waals surface area (Å²) < 4.78 is 38.1. The standard InChI is InChI=1S/C12H14F3N3O/c13-12(14,15)11(19)18(9-3-6-16-7-4-9)10-2-1-5-17-8-10/h1-2,5,8-9,16H,3-4,6-7H2. The Bertz CT molecular complexity index is 430. The van der Waals surface area contributed by atoms with Crippen molar-refractivity contribution in [3.63, 3.8) is 0 Å². The lowest BCUT2D eigenvalue weighted by molar-refractivity contribution is -0.171. The second-order valence-corrected chi connectivity index (χ2v) is 4.37. The second-order valence-electron chi connectivity index (χ2n) is 4.37. The van der Waals surface area contributed by atoms with E-state index in [1.807, 2.05) is 0 Å². The zero-order valence-electron chi connectivity index (χ0n) is 10.2. The summed E-state index contributed by atoms with van der Waals surface area (Å²) in [5.41, 5.74) is 0.191. The van der Waals surface area contributed by atoms with Gasteiger partial charge in [-0.2, -0.15) is 13.2 Å². The van der Waals surface area contributed by atoms with Gasteiger partial charge in [0, 0.05) is 12.2 Å². The molecule has 1 aliphatic rings. The van der Waals surface area contributed by atoms with Gasteiger partial charge < -0.3 is 5.32 Å². The van der Waals surface area contributed by atoms with Gasteiger partial charge >= 0.3 is 12.1 Å². The molecule has 1 N–H and O–H groups in total. The Kier molecular flexibility index (Phi) is 4.04. The van der Waals surface area contributed by atoms with Gasteiger partial charge in [0.05, 0.1) is 11.9 Å². The summed E-state index contributed by atoms with van der Waals surface area (Å²) in [6.45, 7) is 1.21.